The lowest BCUT2D eigenvalue weighted by molar-refractivity contribution is -0.133. The molecule has 1 atom stereocenters. The van der Waals surface area contributed by atoms with E-state index in [1.54, 1.807) is 12.0 Å². The van der Waals surface area contributed by atoms with E-state index in [4.69, 9.17) is 16.3 Å². The predicted octanol–water partition coefficient (Wildman–Crippen LogP) is 2.89. The first-order chi connectivity index (χ1) is 9.24. The van der Waals surface area contributed by atoms with Crippen LogP contribution in [0.5, 0.6) is 0 Å². The molecule has 3 nitrogen and oxygen atoms in total. The van der Waals surface area contributed by atoms with Crippen molar-refractivity contribution in [1.82, 2.24) is 4.90 Å². The fraction of sp³-hybridized carbons (Fsp3) is 0.533. The van der Waals surface area contributed by atoms with E-state index in [0.29, 0.717) is 25.6 Å². The van der Waals surface area contributed by atoms with Crippen LogP contribution < -0.4 is 0 Å². The van der Waals surface area contributed by atoms with Crippen LogP contribution in [-0.4, -0.2) is 43.5 Å². The van der Waals surface area contributed by atoms with Crippen molar-refractivity contribution in [2.24, 2.45) is 0 Å². The summed E-state index contributed by atoms with van der Waals surface area (Å²) in [5.74, 6) is 0.480. The van der Waals surface area contributed by atoms with Crippen molar-refractivity contribution in [2.45, 2.75) is 19.3 Å². The van der Waals surface area contributed by atoms with Crippen molar-refractivity contribution < 1.29 is 9.53 Å². The van der Waals surface area contributed by atoms with Gasteiger partial charge in [-0.1, -0.05) is 37.3 Å². The quantitative estimate of drug-likeness (QED) is 0.687. The second-order valence-corrected chi connectivity index (χ2v) is 4.76. The van der Waals surface area contributed by atoms with Gasteiger partial charge in [-0.05, 0) is 12.0 Å². The highest BCUT2D eigenvalue weighted by molar-refractivity contribution is 6.18. The number of hydrogen-bond acceptors (Lipinski definition) is 2. The second kappa shape index (κ2) is 8.94. The summed E-state index contributed by atoms with van der Waals surface area (Å²) in [6.07, 6.45) is 0.786. The number of carbonyl (C=O) groups is 1. The van der Waals surface area contributed by atoms with Crippen LogP contribution in [0.4, 0.5) is 0 Å². The van der Waals surface area contributed by atoms with Crippen LogP contribution in [-0.2, 0) is 9.53 Å². The Morgan fingerprint density at radius 1 is 1.32 bits per heavy atom. The number of carbonyl (C=O) groups excluding carboxylic acids is 1. The van der Waals surface area contributed by atoms with Gasteiger partial charge in [0.2, 0.25) is 5.91 Å². The molecular formula is C15H22ClNO2. The Hall–Kier alpha value is -1.06. The van der Waals surface area contributed by atoms with E-state index >= 15 is 0 Å². The zero-order valence-electron chi connectivity index (χ0n) is 11.6. The molecular weight excluding hydrogens is 262 g/mol. The first-order valence-electron chi connectivity index (χ1n) is 6.63. The largest absolute Gasteiger partial charge is 0.383 e. The van der Waals surface area contributed by atoms with E-state index in [1.165, 1.54) is 0 Å². The fourth-order valence-electron chi connectivity index (χ4n) is 2.09. The number of methoxy groups -OCH3 is 1. The molecule has 1 rings (SSSR count). The van der Waals surface area contributed by atoms with Gasteiger partial charge < -0.3 is 9.64 Å². The van der Waals surface area contributed by atoms with Crippen molar-refractivity contribution in [3.05, 3.63) is 35.9 Å². The van der Waals surface area contributed by atoms with Gasteiger partial charge in [0.05, 0.1) is 12.5 Å². The fourth-order valence-corrected chi connectivity index (χ4v) is 2.30. The van der Waals surface area contributed by atoms with Crippen molar-refractivity contribution in [1.29, 1.82) is 0 Å². The van der Waals surface area contributed by atoms with Crippen molar-refractivity contribution in [3.63, 3.8) is 0 Å². The number of hydrogen-bond donors (Lipinski definition) is 0. The van der Waals surface area contributed by atoms with Crippen LogP contribution in [0, 0.1) is 0 Å². The molecule has 106 valence electrons. The smallest absolute Gasteiger partial charge is 0.230 e. The van der Waals surface area contributed by atoms with Crippen LogP contribution in [0.15, 0.2) is 30.3 Å². The van der Waals surface area contributed by atoms with E-state index in [0.717, 1.165) is 12.0 Å². The summed E-state index contributed by atoms with van der Waals surface area (Å²) in [7, 11) is 1.64. The molecule has 0 spiro atoms. The summed E-state index contributed by atoms with van der Waals surface area (Å²) in [6, 6.07) is 9.89. The molecule has 1 aromatic rings. The molecule has 0 saturated heterocycles. The van der Waals surface area contributed by atoms with Gasteiger partial charge >= 0.3 is 0 Å². The van der Waals surface area contributed by atoms with E-state index in [2.05, 4.69) is 0 Å². The normalized spacial score (nSPS) is 12.2. The second-order valence-electron chi connectivity index (χ2n) is 4.38. The van der Waals surface area contributed by atoms with E-state index in [1.807, 2.05) is 37.3 Å². The molecule has 0 aromatic heterocycles. The highest BCUT2D eigenvalue weighted by Crippen LogP contribution is 2.21. The van der Waals surface area contributed by atoms with Gasteiger partial charge in [0.25, 0.3) is 0 Å². The van der Waals surface area contributed by atoms with E-state index in [9.17, 15) is 4.79 Å². The standard InChI is InChI=1S/C15H22ClNO2/c1-3-14(13-7-5-4-6-8-13)15(18)17(10-9-16)11-12-19-2/h4-8,14H,3,9-12H2,1-2H3. The highest BCUT2D eigenvalue weighted by atomic mass is 35.5. The Labute approximate surface area is 120 Å². The van der Waals surface area contributed by atoms with Gasteiger partial charge in [-0.25, -0.2) is 0 Å². The van der Waals surface area contributed by atoms with Gasteiger partial charge in [-0.15, -0.1) is 11.6 Å². The summed E-state index contributed by atoms with van der Waals surface area (Å²) in [4.78, 5) is 14.4. The third-order valence-corrected chi connectivity index (χ3v) is 3.31. The molecule has 4 heteroatoms. The summed E-state index contributed by atoms with van der Waals surface area (Å²) < 4.78 is 5.05. The number of benzene rings is 1. The molecule has 19 heavy (non-hydrogen) atoms. The van der Waals surface area contributed by atoms with Crippen molar-refractivity contribution in [3.8, 4) is 0 Å². The molecule has 0 aliphatic carbocycles. The summed E-state index contributed by atoms with van der Waals surface area (Å²) >= 11 is 5.78. The first-order valence-corrected chi connectivity index (χ1v) is 7.16. The maximum atomic E-state index is 12.6. The Balaban J connectivity index is 2.80. The number of nitrogens with zero attached hydrogens (tertiary/aromatic N) is 1. The molecule has 1 amide bonds. The minimum absolute atomic E-state index is 0.0960. The molecule has 1 unspecified atom stereocenters. The van der Waals surface area contributed by atoms with E-state index < -0.39 is 0 Å². The molecule has 0 heterocycles. The maximum Gasteiger partial charge on any atom is 0.230 e. The molecule has 0 aliphatic heterocycles. The number of ether oxygens (including phenoxy) is 1. The zero-order chi connectivity index (χ0) is 14.1. The summed E-state index contributed by atoms with van der Waals surface area (Å²) in [6.45, 7) is 3.72. The number of alkyl halides is 1. The van der Waals surface area contributed by atoms with E-state index in [-0.39, 0.29) is 11.8 Å². The molecule has 0 aliphatic rings. The van der Waals surface area contributed by atoms with Gasteiger partial charge in [0.15, 0.2) is 0 Å². The molecule has 0 bridgehead atoms. The maximum absolute atomic E-state index is 12.6. The molecule has 0 saturated carbocycles. The molecule has 1 aromatic carbocycles. The lowest BCUT2D eigenvalue weighted by Gasteiger charge is -2.26. The minimum Gasteiger partial charge on any atom is -0.383 e. The van der Waals surface area contributed by atoms with Gasteiger partial charge in [-0.2, -0.15) is 0 Å². The predicted molar refractivity (Wildman–Crippen MR) is 78.7 cm³/mol. The third kappa shape index (κ3) is 4.84. The monoisotopic (exact) mass is 283 g/mol. The third-order valence-electron chi connectivity index (χ3n) is 3.14. The zero-order valence-corrected chi connectivity index (χ0v) is 12.4. The summed E-state index contributed by atoms with van der Waals surface area (Å²) in [5.41, 5.74) is 1.06. The van der Waals surface area contributed by atoms with Crippen LogP contribution in [0.1, 0.15) is 24.8 Å². The Bertz CT molecular complexity index is 370. The Morgan fingerprint density at radius 2 is 2.00 bits per heavy atom. The lowest BCUT2D eigenvalue weighted by Crippen LogP contribution is -2.38. The van der Waals surface area contributed by atoms with Crippen molar-refractivity contribution in [2.75, 3.05) is 32.7 Å². The van der Waals surface area contributed by atoms with Gasteiger partial charge in [0.1, 0.15) is 0 Å². The first kappa shape index (κ1) is 16.0. The average Bonchev–Trinajstić information content (AvgIpc) is 2.45. The summed E-state index contributed by atoms with van der Waals surface area (Å²) in [5, 5.41) is 0. The number of rotatable bonds is 8. The van der Waals surface area contributed by atoms with Crippen LogP contribution in [0.2, 0.25) is 0 Å². The van der Waals surface area contributed by atoms with Gasteiger partial charge in [-0.3, -0.25) is 4.79 Å². The lowest BCUT2D eigenvalue weighted by atomic mass is 9.95. The van der Waals surface area contributed by atoms with Crippen LogP contribution in [0.25, 0.3) is 0 Å². The average molecular weight is 284 g/mol. The molecule has 0 N–H and O–H groups in total. The van der Waals surface area contributed by atoms with Crippen molar-refractivity contribution >= 4 is 17.5 Å². The number of halogens is 1. The van der Waals surface area contributed by atoms with Crippen LogP contribution in [0.3, 0.4) is 0 Å². The minimum atomic E-state index is -0.0960. The topological polar surface area (TPSA) is 29.5 Å². The Morgan fingerprint density at radius 3 is 2.53 bits per heavy atom. The number of amides is 1. The molecule has 0 radical (unpaired) electrons. The Kier molecular flexibility index (Phi) is 7.53. The van der Waals surface area contributed by atoms with Gasteiger partial charge in [0, 0.05) is 26.1 Å². The SMILES string of the molecule is CCC(C(=O)N(CCCl)CCOC)c1ccccc1. The van der Waals surface area contributed by atoms with Crippen LogP contribution >= 0.6 is 11.6 Å². The highest BCUT2D eigenvalue weighted by Gasteiger charge is 2.23. The molecule has 0 fully saturated rings.